The van der Waals surface area contributed by atoms with Gasteiger partial charge in [0.2, 0.25) is 0 Å². The summed E-state index contributed by atoms with van der Waals surface area (Å²) < 4.78 is 0. The summed E-state index contributed by atoms with van der Waals surface area (Å²) in [4.78, 5) is 6.59. The second-order valence-electron chi connectivity index (χ2n) is 5.74. The van der Waals surface area contributed by atoms with E-state index in [0.717, 1.165) is 25.3 Å². The third-order valence-corrected chi connectivity index (χ3v) is 2.45. The second-order valence-corrected chi connectivity index (χ2v) is 5.74. The molecule has 17 heavy (non-hydrogen) atoms. The Labute approximate surface area is 105 Å². The van der Waals surface area contributed by atoms with Gasteiger partial charge in [0, 0.05) is 38.1 Å². The molecule has 96 valence electrons. The van der Waals surface area contributed by atoms with Crippen LogP contribution in [0, 0.1) is 5.41 Å². The van der Waals surface area contributed by atoms with E-state index in [1.165, 1.54) is 5.69 Å². The number of hydrogen-bond donors (Lipinski definition) is 1. The van der Waals surface area contributed by atoms with Crippen LogP contribution in [0.1, 0.15) is 34.1 Å². The minimum atomic E-state index is 0.301. The van der Waals surface area contributed by atoms with E-state index in [0.29, 0.717) is 5.41 Å². The topological polar surface area (TPSA) is 28.2 Å². The van der Waals surface area contributed by atoms with Gasteiger partial charge < -0.3 is 10.2 Å². The molecule has 0 radical (unpaired) electrons. The summed E-state index contributed by atoms with van der Waals surface area (Å²) in [5.41, 5.74) is 1.52. The SMILES string of the molecule is CCCNc1cc(N(C)CC(C)(C)C)ccn1. The molecule has 3 heteroatoms. The zero-order chi connectivity index (χ0) is 12.9. The fraction of sp³-hybridized carbons (Fsp3) is 0.643. The molecular weight excluding hydrogens is 210 g/mol. The lowest BCUT2D eigenvalue weighted by Crippen LogP contribution is -2.29. The number of anilines is 2. The highest BCUT2D eigenvalue weighted by Gasteiger charge is 2.14. The fourth-order valence-electron chi connectivity index (χ4n) is 1.81. The maximum atomic E-state index is 4.32. The molecule has 0 unspecified atom stereocenters. The van der Waals surface area contributed by atoms with Gasteiger partial charge in [-0.05, 0) is 17.9 Å². The Morgan fingerprint density at radius 2 is 2.06 bits per heavy atom. The monoisotopic (exact) mass is 235 g/mol. The van der Waals surface area contributed by atoms with Crippen LogP contribution in [0.25, 0.3) is 0 Å². The van der Waals surface area contributed by atoms with Gasteiger partial charge in [-0.15, -0.1) is 0 Å². The number of nitrogens with zero attached hydrogens (tertiary/aromatic N) is 2. The molecule has 0 aromatic carbocycles. The van der Waals surface area contributed by atoms with Gasteiger partial charge in [0.1, 0.15) is 5.82 Å². The first kappa shape index (κ1) is 13.8. The van der Waals surface area contributed by atoms with E-state index < -0.39 is 0 Å². The molecule has 1 heterocycles. The van der Waals surface area contributed by atoms with E-state index in [9.17, 15) is 0 Å². The molecule has 1 aromatic heterocycles. The van der Waals surface area contributed by atoms with Gasteiger partial charge in [-0.1, -0.05) is 27.7 Å². The zero-order valence-corrected chi connectivity index (χ0v) is 11.7. The predicted octanol–water partition coefficient (Wildman–Crippen LogP) is 3.39. The van der Waals surface area contributed by atoms with Crippen molar-refractivity contribution in [2.45, 2.75) is 34.1 Å². The molecule has 0 aliphatic rings. The molecule has 1 rings (SSSR count). The first-order chi connectivity index (χ1) is 7.92. The first-order valence-corrected chi connectivity index (χ1v) is 6.33. The molecule has 1 aromatic rings. The van der Waals surface area contributed by atoms with Gasteiger partial charge in [0.05, 0.1) is 0 Å². The lowest BCUT2D eigenvalue weighted by molar-refractivity contribution is 0.419. The minimum Gasteiger partial charge on any atom is -0.374 e. The Morgan fingerprint density at radius 1 is 1.35 bits per heavy atom. The maximum Gasteiger partial charge on any atom is 0.127 e. The smallest absolute Gasteiger partial charge is 0.127 e. The van der Waals surface area contributed by atoms with E-state index in [4.69, 9.17) is 0 Å². The molecule has 0 aliphatic carbocycles. The molecule has 0 saturated carbocycles. The second kappa shape index (κ2) is 5.89. The van der Waals surface area contributed by atoms with Gasteiger partial charge in [-0.2, -0.15) is 0 Å². The van der Waals surface area contributed by atoms with Crippen molar-refractivity contribution in [2.75, 3.05) is 30.4 Å². The number of rotatable bonds is 5. The first-order valence-electron chi connectivity index (χ1n) is 6.33. The summed E-state index contributed by atoms with van der Waals surface area (Å²) in [6.45, 7) is 10.9. The lowest BCUT2D eigenvalue weighted by atomic mass is 9.96. The minimum absolute atomic E-state index is 0.301. The number of pyridine rings is 1. The van der Waals surface area contributed by atoms with E-state index in [2.05, 4.69) is 62.1 Å². The normalized spacial score (nSPS) is 11.4. The number of hydrogen-bond acceptors (Lipinski definition) is 3. The fourth-order valence-corrected chi connectivity index (χ4v) is 1.81. The summed E-state index contributed by atoms with van der Waals surface area (Å²) in [5.74, 6) is 0.963. The van der Waals surface area contributed by atoms with Crippen molar-refractivity contribution in [3.8, 4) is 0 Å². The zero-order valence-electron chi connectivity index (χ0n) is 11.7. The molecule has 3 nitrogen and oxygen atoms in total. The van der Waals surface area contributed by atoms with Crippen LogP contribution in [0.3, 0.4) is 0 Å². The Bertz CT molecular complexity index is 342. The van der Waals surface area contributed by atoms with Crippen LogP contribution >= 0.6 is 0 Å². The van der Waals surface area contributed by atoms with Gasteiger partial charge in [-0.3, -0.25) is 0 Å². The largest absolute Gasteiger partial charge is 0.374 e. The van der Waals surface area contributed by atoms with Crippen molar-refractivity contribution in [2.24, 2.45) is 5.41 Å². The van der Waals surface area contributed by atoms with Crippen LogP contribution in [-0.4, -0.2) is 25.1 Å². The van der Waals surface area contributed by atoms with Crippen LogP contribution in [-0.2, 0) is 0 Å². The third kappa shape index (κ3) is 5.07. The molecular formula is C14H25N3. The summed E-state index contributed by atoms with van der Waals surface area (Å²) in [6, 6.07) is 4.17. The molecule has 0 spiro atoms. The van der Waals surface area contributed by atoms with Crippen molar-refractivity contribution in [3.05, 3.63) is 18.3 Å². The van der Waals surface area contributed by atoms with Gasteiger partial charge in [-0.25, -0.2) is 4.98 Å². The Balaban J connectivity index is 2.70. The van der Waals surface area contributed by atoms with Crippen LogP contribution in [0.5, 0.6) is 0 Å². The highest BCUT2D eigenvalue weighted by molar-refractivity contribution is 5.53. The average molecular weight is 235 g/mol. The molecule has 1 N–H and O–H groups in total. The van der Waals surface area contributed by atoms with Crippen molar-refractivity contribution < 1.29 is 0 Å². The highest BCUT2D eigenvalue weighted by Crippen LogP contribution is 2.21. The number of nitrogens with one attached hydrogen (secondary N) is 1. The van der Waals surface area contributed by atoms with E-state index in [1.807, 2.05) is 6.20 Å². The summed E-state index contributed by atoms with van der Waals surface area (Å²) >= 11 is 0. The summed E-state index contributed by atoms with van der Waals surface area (Å²) in [5, 5.41) is 3.31. The van der Waals surface area contributed by atoms with E-state index in [1.54, 1.807) is 0 Å². The highest BCUT2D eigenvalue weighted by atomic mass is 15.1. The molecule has 0 saturated heterocycles. The molecule has 0 amide bonds. The quantitative estimate of drug-likeness (QED) is 0.848. The third-order valence-electron chi connectivity index (χ3n) is 2.45. The van der Waals surface area contributed by atoms with Crippen molar-refractivity contribution >= 4 is 11.5 Å². The van der Waals surface area contributed by atoms with E-state index in [-0.39, 0.29) is 0 Å². The van der Waals surface area contributed by atoms with Crippen LogP contribution in [0.2, 0.25) is 0 Å². The van der Waals surface area contributed by atoms with Crippen LogP contribution in [0.15, 0.2) is 18.3 Å². The Kier molecular flexibility index (Phi) is 4.79. The van der Waals surface area contributed by atoms with Crippen molar-refractivity contribution in [1.29, 1.82) is 0 Å². The standard InChI is InChI=1S/C14H25N3/c1-6-8-15-13-10-12(7-9-16-13)17(5)11-14(2,3)4/h7,9-10H,6,8,11H2,1-5H3,(H,15,16). The molecule has 0 bridgehead atoms. The maximum absolute atomic E-state index is 4.32. The van der Waals surface area contributed by atoms with Crippen molar-refractivity contribution in [3.63, 3.8) is 0 Å². The van der Waals surface area contributed by atoms with Gasteiger partial charge in [0.15, 0.2) is 0 Å². The van der Waals surface area contributed by atoms with Crippen LogP contribution < -0.4 is 10.2 Å². The number of aromatic nitrogens is 1. The molecule has 0 aliphatic heterocycles. The predicted molar refractivity (Wildman–Crippen MR) is 75.7 cm³/mol. The summed E-state index contributed by atoms with van der Waals surface area (Å²) in [7, 11) is 2.13. The van der Waals surface area contributed by atoms with Crippen molar-refractivity contribution in [1.82, 2.24) is 4.98 Å². The Hall–Kier alpha value is -1.25. The molecule has 0 atom stereocenters. The van der Waals surface area contributed by atoms with Crippen LogP contribution in [0.4, 0.5) is 11.5 Å². The van der Waals surface area contributed by atoms with E-state index >= 15 is 0 Å². The molecule has 0 fully saturated rings. The average Bonchev–Trinajstić information content (AvgIpc) is 2.24. The lowest BCUT2D eigenvalue weighted by Gasteiger charge is -2.28. The summed E-state index contributed by atoms with van der Waals surface area (Å²) in [6.07, 6.45) is 2.98. The van der Waals surface area contributed by atoms with Gasteiger partial charge in [0.25, 0.3) is 0 Å². The Morgan fingerprint density at radius 3 is 2.65 bits per heavy atom. The van der Waals surface area contributed by atoms with Gasteiger partial charge >= 0.3 is 0 Å².